The summed E-state index contributed by atoms with van der Waals surface area (Å²) in [7, 11) is 0. The van der Waals surface area contributed by atoms with Gasteiger partial charge in [0.15, 0.2) is 0 Å². The van der Waals surface area contributed by atoms with Gasteiger partial charge in [0.05, 0.1) is 5.56 Å². The molecule has 0 bridgehead atoms. The molecule has 1 N–H and O–H groups in total. The second-order valence-electron chi connectivity index (χ2n) is 6.17. The Balaban J connectivity index is 2.12. The number of carbonyl (C=O) groups excluding carboxylic acids is 1. The molecular weight excluding hydrogens is 238 g/mol. The third kappa shape index (κ3) is 4.06. The molecule has 0 radical (unpaired) electrons. The van der Waals surface area contributed by atoms with Crippen molar-refractivity contribution in [3.8, 4) is 0 Å². The maximum Gasteiger partial charge on any atom is 0.338 e. The number of carbonyl (C=O) groups is 1. The molecule has 0 spiro atoms. The molecule has 1 saturated heterocycles. The molecule has 1 heterocycles. The Morgan fingerprint density at radius 1 is 1.37 bits per heavy atom. The number of nitrogens with one attached hydrogen (secondary N) is 1. The molecule has 0 saturated carbocycles. The molecule has 3 heteroatoms. The Labute approximate surface area is 115 Å². The Kier molecular flexibility index (Phi) is 4.25. The van der Waals surface area contributed by atoms with Crippen LogP contribution in [-0.2, 0) is 4.74 Å². The maximum absolute atomic E-state index is 12.1. The van der Waals surface area contributed by atoms with Crippen molar-refractivity contribution in [2.75, 3.05) is 13.1 Å². The van der Waals surface area contributed by atoms with Crippen LogP contribution in [0.15, 0.2) is 24.3 Å². The summed E-state index contributed by atoms with van der Waals surface area (Å²) < 4.78 is 5.41. The van der Waals surface area contributed by atoms with Gasteiger partial charge in [0.2, 0.25) is 0 Å². The fourth-order valence-corrected chi connectivity index (χ4v) is 2.39. The third-order valence-electron chi connectivity index (χ3n) is 3.29. The second-order valence-corrected chi connectivity index (χ2v) is 6.17. The lowest BCUT2D eigenvalue weighted by molar-refractivity contribution is 0.00694. The second kappa shape index (κ2) is 5.74. The Hall–Kier alpha value is -1.35. The summed E-state index contributed by atoms with van der Waals surface area (Å²) in [5, 5.41) is 3.40. The van der Waals surface area contributed by atoms with Crippen molar-refractivity contribution in [1.29, 1.82) is 0 Å². The van der Waals surface area contributed by atoms with Gasteiger partial charge >= 0.3 is 5.97 Å². The van der Waals surface area contributed by atoms with Crippen molar-refractivity contribution in [3.63, 3.8) is 0 Å². The molecular formula is C16H23NO2. The van der Waals surface area contributed by atoms with Gasteiger partial charge in [-0.25, -0.2) is 4.79 Å². The highest BCUT2D eigenvalue weighted by molar-refractivity contribution is 5.89. The van der Waals surface area contributed by atoms with E-state index in [9.17, 15) is 4.79 Å². The van der Waals surface area contributed by atoms with Gasteiger partial charge in [0.25, 0.3) is 0 Å². The van der Waals surface area contributed by atoms with E-state index in [0.29, 0.717) is 11.5 Å². The van der Waals surface area contributed by atoms with Crippen molar-refractivity contribution < 1.29 is 9.53 Å². The van der Waals surface area contributed by atoms with E-state index >= 15 is 0 Å². The molecule has 2 rings (SSSR count). The van der Waals surface area contributed by atoms with Gasteiger partial charge in [-0.2, -0.15) is 0 Å². The number of esters is 1. The Bertz CT molecular complexity index is 442. The van der Waals surface area contributed by atoms with Crippen LogP contribution in [0.4, 0.5) is 0 Å². The molecule has 1 atom stereocenters. The topological polar surface area (TPSA) is 38.3 Å². The number of rotatable bonds is 2. The third-order valence-corrected chi connectivity index (χ3v) is 3.29. The standard InChI is InChI=1S/C16H23NO2/c1-16(2,3)19-15(18)13-7-4-6-12(10-13)14-8-5-9-17-11-14/h4,6-7,10,14,17H,5,8-9,11H2,1-3H3. The summed E-state index contributed by atoms with van der Waals surface area (Å²) in [6.45, 7) is 7.76. The van der Waals surface area contributed by atoms with E-state index in [0.717, 1.165) is 13.1 Å². The molecule has 3 nitrogen and oxygen atoms in total. The molecule has 0 aromatic heterocycles. The van der Waals surface area contributed by atoms with Crippen LogP contribution >= 0.6 is 0 Å². The summed E-state index contributed by atoms with van der Waals surface area (Å²) >= 11 is 0. The van der Waals surface area contributed by atoms with Gasteiger partial charge in [-0.05, 0) is 63.8 Å². The summed E-state index contributed by atoms with van der Waals surface area (Å²) in [5.41, 5.74) is 1.44. The number of hydrogen-bond acceptors (Lipinski definition) is 3. The zero-order chi connectivity index (χ0) is 13.9. The van der Waals surface area contributed by atoms with Crippen molar-refractivity contribution in [3.05, 3.63) is 35.4 Å². The molecule has 1 aliphatic rings. The van der Waals surface area contributed by atoms with Crippen LogP contribution < -0.4 is 5.32 Å². The zero-order valence-corrected chi connectivity index (χ0v) is 12.0. The van der Waals surface area contributed by atoms with E-state index in [4.69, 9.17) is 4.74 Å². The van der Waals surface area contributed by atoms with E-state index in [-0.39, 0.29) is 5.97 Å². The highest BCUT2D eigenvalue weighted by Gasteiger charge is 2.20. The van der Waals surface area contributed by atoms with Gasteiger partial charge in [-0.15, -0.1) is 0 Å². The minimum atomic E-state index is -0.445. The highest BCUT2D eigenvalue weighted by atomic mass is 16.6. The van der Waals surface area contributed by atoms with E-state index in [1.807, 2.05) is 39.0 Å². The van der Waals surface area contributed by atoms with Crippen LogP contribution in [-0.4, -0.2) is 24.7 Å². The monoisotopic (exact) mass is 261 g/mol. The van der Waals surface area contributed by atoms with Gasteiger partial charge in [0.1, 0.15) is 5.60 Å². The highest BCUT2D eigenvalue weighted by Crippen LogP contribution is 2.24. The quantitative estimate of drug-likeness (QED) is 0.831. The molecule has 1 unspecified atom stereocenters. The van der Waals surface area contributed by atoms with E-state index in [1.165, 1.54) is 18.4 Å². The van der Waals surface area contributed by atoms with Crippen molar-refractivity contribution in [2.24, 2.45) is 0 Å². The van der Waals surface area contributed by atoms with Crippen LogP contribution in [0.2, 0.25) is 0 Å². The van der Waals surface area contributed by atoms with E-state index < -0.39 is 5.60 Å². The van der Waals surface area contributed by atoms with E-state index in [1.54, 1.807) is 0 Å². The zero-order valence-electron chi connectivity index (χ0n) is 12.0. The van der Waals surface area contributed by atoms with Crippen molar-refractivity contribution >= 4 is 5.97 Å². The first-order valence-electron chi connectivity index (χ1n) is 7.00. The lowest BCUT2D eigenvalue weighted by Crippen LogP contribution is -2.28. The molecule has 0 aliphatic carbocycles. The smallest absolute Gasteiger partial charge is 0.338 e. The Morgan fingerprint density at radius 3 is 2.79 bits per heavy atom. The first-order chi connectivity index (χ1) is 8.96. The SMILES string of the molecule is CC(C)(C)OC(=O)c1cccc(C2CCCNC2)c1. The summed E-state index contributed by atoms with van der Waals surface area (Å²) in [6, 6.07) is 7.86. The van der Waals surface area contributed by atoms with Crippen LogP contribution in [0.3, 0.4) is 0 Å². The first kappa shape index (κ1) is 14.1. The molecule has 0 amide bonds. The molecule has 1 aliphatic heterocycles. The number of ether oxygens (including phenoxy) is 1. The lowest BCUT2D eigenvalue weighted by atomic mass is 9.91. The molecule has 1 fully saturated rings. The summed E-state index contributed by atoms with van der Waals surface area (Å²) in [5.74, 6) is 0.272. The molecule has 1 aromatic carbocycles. The minimum absolute atomic E-state index is 0.238. The average Bonchev–Trinajstić information content (AvgIpc) is 2.38. The van der Waals surface area contributed by atoms with Gasteiger partial charge in [-0.3, -0.25) is 0 Å². The van der Waals surface area contributed by atoms with Crippen molar-refractivity contribution in [1.82, 2.24) is 5.32 Å². The minimum Gasteiger partial charge on any atom is -0.456 e. The van der Waals surface area contributed by atoms with Crippen molar-refractivity contribution in [2.45, 2.75) is 45.1 Å². The largest absolute Gasteiger partial charge is 0.456 e. The normalized spacial score (nSPS) is 20.1. The lowest BCUT2D eigenvalue weighted by Gasteiger charge is -2.24. The maximum atomic E-state index is 12.1. The molecule has 1 aromatic rings. The van der Waals surface area contributed by atoms with Gasteiger partial charge < -0.3 is 10.1 Å². The van der Waals surface area contributed by atoms with Crippen LogP contribution in [0.1, 0.15) is 55.5 Å². The predicted molar refractivity (Wildman–Crippen MR) is 76.5 cm³/mol. The van der Waals surface area contributed by atoms with Gasteiger partial charge in [0, 0.05) is 6.54 Å². The number of benzene rings is 1. The van der Waals surface area contributed by atoms with E-state index in [2.05, 4.69) is 11.4 Å². The summed E-state index contributed by atoms with van der Waals surface area (Å²) in [6.07, 6.45) is 2.38. The average molecular weight is 261 g/mol. The van der Waals surface area contributed by atoms with Gasteiger partial charge in [-0.1, -0.05) is 12.1 Å². The first-order valence-corrected chi connectivity index (χ1v) is 7.00. The molecule has 19 heavy (non-hydrogen) atoms. The van der Waals surface area contributed by atoms with Crippen LogP contribution in [0.25, 0.3) is 0 Å². The number of hydrogen-bond donors (Lipinski definition) is 1. The summed E-state index contributed by atoms with van der Waals surface area (Å²) in [4.78, 5) is 12.1. The predicted octanol–water partition coefficient (Wildman–Crippen LogP) is 3.11. The van der Waals surface area contributed by atoms with Crippen LogP contribution in [0.5, 0.6) is 0 Å². The molecule has 104 valence electrons. The fraction of sp³-hybridized carbons (Fsp3) is 0.562. The van der Waals surface area contributed by atoms with Crippen LogP contribution in [0, 0.1) is 0 Å². The fourth-order valence-electron chi connectivity index (χ4n) is 2.39. The Morgan fingerprint density at radius 2 is 2.16 bits per heavy atom. The number of piperidine rings is 1.